The highest BCUT2D eigenvalue weighted by atomic mass is 32.2. The van der Waals surface area contributed by atoms with Gasteiger partial charge in [0.05, 0.1) is 16.9 Å². The van der Waals surface area contributed by atoms with E-state index in [2.05, 4.69) is 4.72 Å². The fraction of sp³-hybridized carbons (Fsp3) is 0.263. The zero-order chi connectivity index (χ0) is 19.3. The third-order valence-corrected chi connectivity index (χ3v) is 5.98. The maximum Gasteiger partial charge on any atom is 0.264 e. The van der Waals surface area contributed by atoms with Crippen molar-refractivity contribution in [2.24, 2.45) is 0 Å². The Morgan fingerprint density at radius 3 is 2.48 bits per heavy atom. The van der Waals surface area contributed by atoms with Crippen LogP contribution in [-0.2, 0) is 14.8 Å². The highest BCUT2D eigenvalue weighted by Gasteiger charge is 2.29. The third-order valence-electron chi connectivity index (χ3n) is 4.16. The molecule has 7 nitrogen and oxygen atoms in total. The minimum atomic E-state index is -3.76. The standard InChI is InChI=1S/C19H18N2O5S/c20-13-14-4-6-16(7-5-14)26-17-3-1-2-15(12-17)19(22)21-27(23,24)18-8-10-25-11-9-18/h1-7,12,18H,8-11H2,(H,21,22). The van der Waals surface area contributed by atoms with Crippen molar-refractivity contribution in [3.63, 3.8) is 0 Å². The van der Waals surface area contributed by atoms with E-state index in [-0.39, 0.29) is 5.56 Å². The van der Waals surface area contributed by atoms with Crippen LogP contribution in [-0.4, -0.2) is 32.8 Å². The van der Waals surface area contributed by atoms with E-state index < -0.39 is 21.2 Å². The number of nitriles is 1. The molecule has 1 fully saturated rings. The molecule has 0 aromatic heterocycles. The highest BCUT2D eigenvalue weighted by molar-refractivity contribution is 7.90. The number of sulfonamides is 1. The SMILES string of the molecule is N#Cc1ccc(Oc2cccc(C(=O)NS(=O)(=O)C3CCOCC3)c2)cc1. The first-order valence-electron chi connectivity index (χ1n) is 8.40. The van der Waals surface area contributed by atoms with Crippen molar-refractivity contribution in [3.8, 4) is 17.6 Å². The summed E-state index contributed by atoms with van der Waals surface area (Å²) in [6.45, 7) is 0.737. The van der Waals surface area contributed by atoms with Crippen LogP contribution in [0.1, 0.15) is 28.8 Å². The van der Waals surface area contributed by atoms with Gasteiger partial charge in [0, 0.05) is 18.8 Å². The smallest absolute Gasteiger partial charge is 0.264 e. The van der Waals surface area contributed by atoms with Crippen molar-refractivity contribution in [1.82, 2.24) is 4.72 Å². The summed E-state index contributed by atoms with van der Waals surface area (Å²) < 4.78 is 37.7. The predicted octanol–water partition coefficient (Wildman–Crippen LogP) is 2.59. The van der Waals surface area contributed by atoms with Gasteiger partial charge in [-0.2, -0.15) is 5.26 Å². The van der Waals surface area contributed by atoms with Gasteiger partial charge >= 0.3 is 0 Å². The normalized spacial score (nSPS) is 14.9. The monoisotopic (exact) mass is 386 g/mol. The maximum atomic E-state index is 12.4. The zero-order valence-corrected chi connectivity index (χ0v) is 15.2. The average molecular weight is 386 g/mol. The lowest BCUT2D eigenvalue weighted by Crippen LogP contribution is -2.41. The van der Waals surface area contributed by atoms with Gasteiger partial charge in [-0.25, -0.2) is 13.1 Å². The van der Waals surface area contributed by atoms with Crippen molar-refractivity contribution in [2.75, 3.05) is 13.2 Å². The Kier molecular flexibility index (Phi) is 5.74. The molecule has 1 aliphatic heterocycles. The van der Waals surface area contributed by atoms with E-state index >= 15 is 0 Å². The molecule has 1 amide bonds. The van der Waals surface area contributed by atoms with Crippen LogP contribution in [0.4, 0.5) is 0 Å². The van der Waals surface area contributed by atoms with E-state index in [1.54, 1.807) is 36.4 Å². The predicted molar refractivity (Wildman–Crippen MR) is 97.9 cm³/mol. The summed E-state index contributed by atoms with van der Waals surface area (Å²) in [6.07, 6.45) is 0.731. The molecule has 3 rings (SSSR count). The Balaban J connectivity index is 1.70. The molecule has 1 saturated heterocycles. The lowest BCUT2D eigenvalue weighted by atomic mass is 10.2. The Bertz CT molecular complexity index is 958. The highest BCUT2D eigenvalue weighted by Crippen LogP contribution is 2.23. The molecular weight excluding hydrogens is 368 g/mol. The largest absolute Gasteiger partial charge is 0.457 e. The second-order valence-electron chi connectivity index (χ2n) is 6.05. The average Bonchev–Trinajstić information content (AvgIpc) is 2.69. The van der Waals surface area contributed by atoms with Gasteiger partial charge in [-0.3, -0.25) is 4.79 Å². The van der Waals surface area contributed by atoms with E-state index in [0.717, 1.165) is 0 Å². The molecular formula is C19H18N2O5S. The molecule has 1 heterocycles. The third kappa shape index (κ3) is 4.84. The molecule has 0 radical (unpaired) electrons. The number of carbonyl (C=O) groups is 1. The van der Waals surface area contributed by atoms with Crippen molar-refractivity contribution >= 4 is 15.9 Å². The number of rotatable bonds is 5. The summed E-state index contributed by atoms with van der Waals surface area (Å²) in [5, 5.41) is 8.18. The molecule has 1 aliphatic rings. The van der Waals surface area contributed by atoms with Gasteiger partial charge in [-0.15, -0.1) is 0 Å². The molecule has 1 N–H and O–H groups in total. The topological polar surface area (TPSA) is 105 Å². The van der Waals surface area contributed by atoms with Gasteiger partial charge in [0.2, 0.25) is 10.0 Å². The molecule has 0 aliphatic carbocycles. The van der Waals surface area contributed by atoms with Gasteiger partial charge in [0.1, 0.15) is 11.5 Å². The summed E-state index contributed by atoms with van der Waals surface area (Å²) in [4.78, 5) is 12.4. The number of nitrogens with zero attached hydrogens (tertiary/aromatic N) is 1. The van der Waals surface area contributed by atoms with E-state index in [9.17, 15) is 13.2 Å². The van der Waals surface area contributed by atoms with Gasteiger partial charge in [0.15, 0.2) is 0 Å². The summed E-state index contributed by atoms with van der Waals surface area (Å²) >= 11 is 0. The summed E-state index contributed by atoms with van der Waals surface area (Å²) in [7, 11) is -3.76. The van der Waals surface area contributed by atoms with E-state index in [4.69, 9.17) is 14.7 Å². The second-order valence-corrected chi connectivity index (χ2v) is 8.01. The number of nitrogens with one attached hydrogen (secondary N) is 1. The van der Waals surface area contributed by atoms with Crippen molar-refractivity contribution in [2.45, 2.75) is 18.1 Å². The number of ether oxygens (including phenoxy) is 2. The number of hydrogen-bond acceptors (Lipinski definition) is 6. The molecule has 27 heavy (non-hydrogen) atoms. The maximum absolute atomic E-state index is 12.4. The first-order chi connectivity index (χ1) is 13.0. The fourth-order valence-corrected chi connectivity index (χ4v) is 4.05. The minimum absolute atomic E-state index is 0.178. The Labute approximate surface area is 157 Å². The lowest BCUT2D eigenvalue weighted by molar-refractivity contribution is 0.0950. The van der Waals surface area contributed by atoms with Crippen LogP contribution < -0.4 is 9.46 Å². The molecule has 0 atom stereocenters. The van der Waals surface area contributed by atoms with Crippen LogP contribution in [0.2, 0.25) is 0 Å². The van der Waals surface area contributed by atoms with Crippen LogP contribution in [0.5, 0.6) is 11.5 Å². The van der Waals surface area contributed by atoms with Gasteiger partial charge in [0.25, 0.3) is 5.91 Å². The van der Waals surface area contributed by atoms with Crippen molar-refractivity contribution in [1.29, 1.82) is 5.26 Å². The first-order valence-corrected chi connectivity index (χ1v) is 9.94. The lowest BCUT2D eigenvalue weighted by Gasteiger charge is -2.22. The number of amides is 1. The van der Waals surface area contributed by atoms with Gasteiger partial charge < -0.3 is 9.47 Å². The Hall–Kier alpha value is -2.89. The first kappa shape index (κ1) is 18.9. The summed E-state index contributed by atoms with van der Waals surface area (Å²) in [5.74, 6) is 0.184. The Morgan fingerprint density at radius 2 is 1.81 bits per heavy atom. The molecule has 2 aromatic carbocycles. The van der Waals surface area contributed by atoms with E-state index in [0.29, 0.717) is 43.1 Å². The molecule has 0 bridgehead atoms. The molecule has 140 valence electrons. The van der Waals surface area contributed by atoms with E-state index in [1.165, 1.54) is 12.1 Å². The van der Waals surface area contributed by atoms with Crippen molar-refractivity contribution in [3.05, 3.63) is 59.7 Å². The van der Waals surface area contributed by atoms with Gasteiger partial charge in [-0.1, -0.05) is 6.07 Å². The minimum Gasteiger partial charge on any atom is -0.457 e. The van der Waals surface area contributed by atoms with Crippen LogP contribution in [0.25, 0.3) is 0 Å². The van der Waals surface area contributed by atoms with Crippen molar-refractivity contribution < 1.29 is 22.7 Å². The second kappa shape index (κ2) is 8.20. The van der Waals surface area contributed by atoms with Crippen LogP contribution in [0.15, 0.2) is 48.5 Å². The quantitative estimate of drug-likeness (QED) is 0.847. The fourth-order valence-electron chi connectivity index (χ4n) is 2.69. The Morgan fingerprint density at radius 1 is 1.11 bits per heavy atom. The number of benzene rings is 2. The van der Waals surface area contributed by atoms with Crippen LogP contribution >= 0.6 is 0 Å². The van der Waals surface area contributed by atoms with Crippen LogP contribution in [0, 0.1) is 11.3 Å². The van der Waals surface area contributed by atoms with Crippen LogP contribution in [0.3, 0.4) is 0 Å². The number of carbonyl (C=O) groups excluding carboxylic acids is 1. The molecule has 0 spiro atoms. The molecule has 8 heteroatoms. The summed E-state index contributed by atoms with van der Waals surface area (Å²) in [5.41, 5.74) is 0.686. The van der Waals surface area contributed by atoms with E-state index in [1.807, 2.05) is 6.07 Å². The molecule has 0 saturated carbocycles. The molecule has 0 unspecified atom stereocenters. The summed E-state index contributed by atoms with van der Waals surface area (Å²) in [6, 6.07) is 14.8. The zero-order valence-electron chi connectivity index (χ0n) is 14.4. The van der Waals surface area contributed by atoms with Gasteiger partial charge in [-0.05, 0) is 55.3 Å². The molecule has 2 aromatic rings. The number of hydrogen-bond donors (Lipinski definition) is 1.